The molecule has 282 valence electrons. The summed E-state index contributed by atoms with van der Waals surface area (Å²) < 4.78 is 0. The first-order chi connectivity index (χ1) is 23.9. The van der Waals surface area contributed by atoms with Crippen molar-refractivity contribution in [2.45, 2.75) is 118 Å². The van der Waals surface area contributed by atoms with Crippen LogP contribution in [0.3, 0.4) is 0 Å². The molecule has 4 saturated carbocycles. The van der Waals surface area contributed by atoms with Crippen LogP contribution in [0.15, 0.2) is 42.5 Å². The van der Waals surface area contributed by atoms with Crippen molar-refractivity contribution >= 4 is 17.4 Å². The highest BCUT2D eigenvalue weighted by atomic mass is 16.4. The van der Waals surface area contributed by atoms with Crippen molar-refractivity contribution in [3.63, 3.8) is 0 Å². The maximum Gasteiger partial charge on any atom is 0.335 e. The third-order valence-corrected chi connectivity index (χ3v) is 16.4. The lowest BCUT2D eigenvalue weighted by Gasteiger charge is -2.72. The Morgan fingerprint density at radius 3 is 2.22 bits per heavy atom. The van der Waals surface area contributed by atoms with Gasteiger partial charge in [-0.15, -0.1) is 0 Å². The van der Waals surface area contributed by atoms with Crippen LogP contribution in [0.5, 0.6) is 0 Å². The van der Waals surface area contributed by atoms with E-state index in [-0.39, 0.29) is 46.2 Å². The van der Waals surface area contributed by atoms with Gasteiger partial charge in [0, 0.05) is 19.5 Å². The van der Waals surface area contributed by atoms with E-state index >= 15 is 0 Å². The van der Waals surface area contributed by atoms with E-state index in [0.717, 1.165) is 18.5 Å². The molecule has 0 radical (unpaired) electrons. The number of carboxylic acid groups (broad SMARTS) is 1. The van der Waals surface area contributed by atoms with Gasteiger partial charge in [-0.05, 0) is 152 Å². The Labute approximate surface area is 307 Å². The Bertz CT molecular complexity index is 1540. The molecule has 0 aliphatic heterocycles. The Hall–Kier alpha value is -2.48. The largest absolute Gasteiger partial charge is 0.478 e. The summed E-state index contributed by atoms with van der Waals surface area (Å²) in [7, 11) is 0. The fraction of sp³-hybridized carbons (Fsp3) is 0.727. The normalized spacial score (nSPS) is 38.4. The third kappa shape index (κ3) is 6.06. The van der Waals surface area contributed by atoms with Crippen molar-refractivity contribution in [2.75, 3.05) is 26.3 Å². The lowest BCUT2D eigenvalue weighted by molar-refractivity contribution is -0.225. The van der Waals surface area contributed by atoms with Gasteiger partial charge in [0.05, 0.1) is 24.3 Å². The number of aromatic carboxylic acids is 1. The first kappa shape index (κ1) is 38.3. The number of rotatable bonds is 11. The van der Waals surface area contributed by atoms with Gasteiger partial charge in [-0.25, -0.2) is 4.79 Å². The maximum absolute atomic E-state index is 12.7. The third-order valence-electron chi connectivity index (χ3n) is 16.4. The molecule has 0 heterocycles. The molecule has 0 spiro atoms. The molecule has 5 aliphatic rings. The Balaban J connectivity index is 1.23. The average Bonchev–Trinajstić information content (AvgIpc) is 3.47. The molecular formula is C44H66N2O5. The second kappa shape index (κ2) is 13.4. The first-order valence-corrected chi connectivity index (χ1v) is 19.8. The number of hydrogen-bond acceptors (Lipinski definition) is 5. The topological polar surface area (TPSA) is 119 Å². The lowest BCUT2D eigenvalue weighted by Crippen LogP contribution is -2.65. The summed E-state index contributed by atoms with van der Waals surface area (Å²) in [6.07, 6.45) is 13.8. The molecule has 0 bridgehead atoms. The number of aliphatic hydroxyl groups excluding tert-OH is 2. The summed E-state index contributed by atoms with van der Waals surface area (Å²) in [5.41, 5.74) is 4.12. The summed E-state index contributed by atoms with van der Waals surface area (Å²) >= 11 is 0. The minimum atomic E-state index is -0.998. The molecule has 7 nitrogen and oxygen atoms in total. The van der Waals surface area contributed by atoms with Crippen molar-refractivity contribution in [1.82, 2.24) is 10.6 Å². The SMILES string of the molecule is C=C(C)C1CCC2(CNCCC(=O)NC(C)(CO)CO)CCC3(C)C(CCC4C5(C)CC=C(c6ccc(C(=O)O)cc6)C(C)(C)C5CCC43C)C12. The molecule has 0 saturated heterocycles. The molecule has 1 aromatic rings. The van der Waals surface area contributed by atoms with Crippen LogP contribution >= 0.6 is 0 Å². The second-order valence-corrected chi connectivity index (χ2v) is 19.3. The summed E-state index contributed by atoms with van der Waals surface area (Å²) in [6, 6.07) is 7.54. The van der Waals surface area contributed by atoms with Gasteiger partial charge in [0.2, 0.25) is 5.91 Å². The Morgan fingerprint density at radius 1 is 0.902 bits per heavy atom. The summed E-state index contributed by atoms with van der Waals surface area (Å²) in [6.45, 7) is 22.3. The van der Waals surface area contributed by atoms with Crippen molar-refractivity contribution in [3.05, 3.63) is 53.6 Å². The van der Waals surface area contributed by atoms with Crippen LogP contribution in [-0.2, 0) is 4.79 Å². The van der Waals surface area contributed by atoms with Crippen molar-refractivity contribution in [1.29, 1.82) is 0 Å². The number of carbonyl (C=O) groups is 2. The zero-order valence-electron chi connectivity index (χ0n) is 32.5. The molecule has 51 heavy (non-hydrogen) atoms. The fourth-order valence-electron chi connectivity index (χ4n) is 13.5. The number of carbonyl (C=O) groups excluding carboxylic acids is 1. The van der Waals surface area contributed by atoms with Crippen molar-refractivity contribution < 1.29 is 24.9 Å². The van der Waals surface area contributed by atoms with Gasteiger partial charge in [-0.3, -0.25) is 4.79 Å². The van der Waals surface area contributed by atoms with Crippen LogP contribution in [0, 0.1) is 56.7 Å². The zero-order chi connectivity index (χ0) is 37.2. The Morgan fingerprint density at radius 2 is 1.59 bits per heavy atom. The predicted molar refractivity (Wildman–Crippen MR) is 204 cm³/mol. The van der Waals surface area contributed by atoms with E-state index < -0.39 is 11.5 Å². The van der Waals surface area contributed by atoms with Gasteiger partial charge in [-0.1, -0.05) is 65.0 Å². The quantitative estimate of drug-likeness (QED) is 0.118. The smallest absolute Gasteiger partial charge is 0.335 e. The lowest BCUT2D eigenvalue weighted by atomic mass is 9.32. The van der Waals surface area contributed by atoms with Gasteiger partial charge in [0.15, 0.2) is 0 Å². The van der Waals surface area contributed by atoms with Gasteiger partial charge >= 0.3 is 5.97 Å². The standard InChI is InChI=1S/C44H66N2O5/c1-28(2)31-15-21-44(25-45-24-18-36(49)46-40(5,26-47)27-48)23-22-42(7)33(37(31)44)13-14-35-41(6)19-16-32(29-9-11-30(12-10-29)38(50)51)39(3,4)34(41)17-20-43(35,42)8/h9-12,16,31,33-35,37,45,47-48H,1,13-15,17-27H2,2-8H3,(H,46,49)(H,50,51). The van der Waals surface area contributed by atoms with Crippen LogP contribution in [0.2, 0.25) is 0 Å². The number of nitrogens with one attached hydrogen (secondary N) is 2. The van der Waals surface area contributed by atoms with E-state index in [0.29, 0.717) is 48.1 Å². The van der Waals surface area contributed by atoms with Crippen LogP contribution in [0.4, 0.5) is 0 Å². The molecule has 5 aliphatic carbocycles. The molecule has 0 aromatic heterocycles. The van der Waals surface area contributed by atoms with Crippen LogP contribution in [0.1, 0.15) is 129 Å². The van der Waals surface area contributed by atoms with E-state index in [4.69, 9.17) is 0 Å². The number of aliphatic hydroxyl groups is 2. The number of fused-ring (bicyclic) bond motifs is 7. The summed E-state index contributed by atoms with van der Waals surface area (Å²) in [4.78, 5) is 24.2. The average molecular weight is 703 g/mol. The first-order valence-electron chi connectivity index (χ1n) is 19.8. The molecule has 1 amide bonds. The molecule has 7 heteroatoms. The highest BCUT2D eigenvalue weighted by molar-refractivity contribution is 5.88. The number of amides is 1. The second-order valence-electron chi connectivity index (χ2n) is 19.3. The maximum atomic E-state index is 12.7. The minimum Gasteiger partial charge on any atom is -0.478 e. The van der Waals surface area contributed by atoms with Crippen LogP contribution in [0.25, 0.3) is 5.57 Å². The van der Waals surface area contributed by atoms with Gasteiger partial charge in [-0.2, -0.15) is 0 Å². The van der Waals surface area contributed by atoms with Gasteiger partial charge in [0.25, 0.3) is 0 Å². The minimum absolute atomic E-state index is 0.00751. The fourth-order valence-corrected chi connectivity index (χ4v) is 13.5. The van der Waals surface area contributed by atoms with E-state index in [1.807, 2.05) is 12.1 Å². The number of hydrogen-bond donors (Lipinski definition) is 5. The Kier molecular flexibility index (Phi) is 10.1. The van der Waals surface area contributed by atoms with E-state index in [1.54, 1.807) is 19.1 Å². The van der Waals surface area contributed by atoms with Crippen LogP contribution < -0.4 is 10.6 Å². The highest BCUT2D eigenvalue weighted by Crippen LogP contribution is 2.77. The zero-order valence-corrected chi connectivity index (χ0v) is 32.5. The monoisotopic (exact) mass is 702 g/mol. The van der Waals surface area contributed by atoms with E-state index in [2.05, 4.69) is 64.8 Å². The van der Waals surface area contributed by atoms with Crippen molar-refractivity contribution in [2.24, 2.45) is 56.7 Å². The van der Waals surface area contributed by atoms with E-state index in [1.165, 1.54) is 62.5 Å². The molecule has 1 aromatic carbocycles. The van der Waals surface area contributed by atoms with Crippen LogP contribution in [-0.4, -0.2) is 59.0 Å². The highest BCUT2D eigenvalue weighted by Gasteiger charge is 2.70. The molecule has 9 atom stereocenters. The van der Waals surface area contributed by atoms with Gasteiger partial charge in [0.1, 0.15) is 0 Å². The van der Waals surface area contributed by atoms with E-state index in [9.17, 15) is 24.9 Å². The number of allylic oxidation sites excluding steroid dienone is 3. The molecule has 6 rings (SSSR count). The van der Waals surface area contributed by atoms with Crippen molar-refractivity contribution in [3.8, 4) is 0 Å². The molecule has 5 N–H and O–H groups in total. The van der Waals surface area contributed by atoms with Gasteiger partial charge < -0.3 is 26.0 Å². The molecule has 9 unspecified atom stereocenters. The molecule has 4 fully saturated rings. The number of benzene rings is 1. The summed E-state index contributed by atoms with van der Waals surface area (Å²) in [5, 5.41) is 35.2. The summed E-state index contributed by atoms with van der Waals surface area (Å²) in [5.74, 6) is 1.96. The number of carboxylic acids is 1. The predicted octanol–water partition coefficient (Wildman–Crippen LogP) is 7.87. The molecular weight excluding hydrogens is 636 g/mol.